The van der Waals surface area contributed by atoms with E-state index in [0.29, 0.717) is 5.75 Å². The second kappa shape index (κ2) is 9.46. The van der Waals surface area contributed by atoms with Gasteiger partial charge in [0.1, 0.15) is 6.61 Å². The number of aliphatic imine (C=N–C) groups is 1. The van der Waals surface area contributed by atoms with E-state index >= 15 is 0 Å². The van der Waals surface area contributed by atoms with Gasteiger partial charge in [0.15, 0.2) is 6.04 Å². The van der Waals surface area contributed by atoms with E-state index in [1.165, 1.54) is 18.9 Å². The summed E-state index contributed by atoms with van der Waals surface area (Å²) < 4.78 is 10.0. The van der Waals surface area contributed by atoms with Gasteiger partial charge < -0.3 is 14.8 Å². The van der Waals surface area contributed by atoms with Crippen molar-refractivity contribution in [1.29, 1.82) is 0 Å². The predicted molar refractivity (Wildman–Crippen MR) is 98.7 cm³/mol. The summed E-state index contributed by atoms with van der Waals surface area (Å²) in [6.45, 7) is 4.30. The Bertz CT molecular complexity index is 621. The lowest BCUT2D eigenvalue weighted by molar-refractivity contribution is -0.141. The van der Waals surface area contributed by atoms with Crippen LogP contribution in [0.4, 0.5) is 4.79 Å². The molecule has 0 aliphatic carbocycles. The van der Waals surface area contributed by atoms with E-state index in [1.54, 1.807) is 0 Å². The average molecular weight is 364 g/mol. The predicted octanol–water partition coefficient (Wildman–Crippen LogP) is 3.01. The molecule has 1 aliphatic rings. The fourth-order valence-corrected chi connectivity index (χ4v) is 3.61. The minimum absolute atomic E-state index is 0.173. The van der Waals surface area contributed by atoms with Crippen molar-refractivity contribution >= 4 is 28.9 Å². The molecule has 1 N–H and O–H groups in total. The van der Waals surface area contributed by atoms with Crippen LogP contribution in [0.2, 0.25) is 0 Å². The molecule has 6 nitrogen and oxygen atoms in total. The highest BCUT2D eigenvalue weighted by molar-refractivity contribution is 8.14. The SMILES string of the molecule is CCC(C)[C@H](NC(=O)OCc1ccccc1)C1=N[C@H](C(=O)OC)CS1. The first-order valence-electron chi connectivity index (χ1n) is 8.30. The fourth-order valence-electron chi connectivity index (χ4n) is 2.39. The number of hydrogen-bond donors (Lipinski definition) is 1. The summed E-state index contributed by atoms with van der Waals surface area (Å²) in [6.07, 6.45) is 0.380. The number of carbonyl (C=O) groups excluding carboxylic acids is 2. The third kappa shape index (κ3) is 5.49. The number of esters is 1. The topological polar surface area (TPSA) is 77.0 Å². The quantitative estimate of drug-likeness (QED) is 0.753. The molecule has 3 atom stereocenters. The first-order chi connectivity index (χ1) is 12.0. The number of thioether (sulfide) groups is 1. The van der Waals surface area contributed by atoms with Gasteiger partial charge in [-0.3, -0.25) is 4.99 Å². The standard InChI is InChI=1S/C18H24N2O4S/c1-4-12(2)15(16-19-14(11-25-16)17(21)23-3)20-18(22)24-10-13-8-6-5-7-9-13/h5-9,12,14-15H,4,10-11H2,1-3H3,(H,20,22)/t12?,14-,15-/m0/s1. The largest absolute Gasteiger partial charge is 0.467 e. The third-order valence-corrected chi connectivity index (χ3v) is 5.25. The number of methoxy groups -OCH3 is 1. The zero-order valence-corrected chi connectivity index (χ0v) is 15.5. The molecule has 136 valence electrons. The number of ether oxygens (including phenoxy) is 2. The Hall–Kier alpha value is -2.02. The second-order valence-electron chi connectivity index (χ2n) is 5.89. The van der Waals surface area contributed by atoms with Gasteiger partial charge in [0.05, 0.1) is 18.2 Å². The summed E-state index contributed by atoms with van der Waals surface area (Å²) in [5.74, 6) is 0.361. The molecule has 0 bridgehead atoms. The van der Waals surface area contributed by atoms with Crippen molar-refractivity contribution in [3.63, 3.8) is 0 Å². The normalized spacial score (nSPS) is 18.8. The monoisotopic (exact) mass is 364 g/mol. The first-order valence-corrected chi connectivity index (χ1v) is 9.29. The maximum Gasteiger partial charge on any atom is 0.408 e. The molecule has 1 aliphatic heterocycles. The lowest BCUT2D eigenvalue weighted by Crippen LogP contribution is -2.44. The molecule has 0 saturated heterocycles. The molecule has 0 spiro atoms. The van der Waals surface area contributed by atoms with Crippen LogP contribution < -0.4 is 5.32 Å². The summed E-state index contributed by atoms with van der Waals surface area (Å²) in [7, 11) is 1.35. The minimum Gasteiger partial charge on any atom is -0.467 e. The maximum absolute atomic E-state index is 12.2. The molecule has 1 unspecified atom stereocenters. The highest BCUT2D eigenvalue weighted by Crippen LogP contribution is 2.25. The van der Waals surface area contributed by atoms with Gasteiger partial charge in [-0.15, -0.1) is 11.8 Å². The highest BCUT2D eigenvalue weighted by atomic mass is 32.2. The van der Waals surface area contributed by atoms with Crippen LogP contribution in [-0.4, -0.2) is 42.1 Å². The molecular formula is C18H24N2O4S. The van der Waals surface area contributed by atoms with Gasteiger partial charge in [0.25, 0.3) is 0 Å². The minimum atomic E-state index is -0.501. The molecule has 0 fully saturated rings. The van der Waals surface area contributed by atoms with E-state index in [4.69, 9.17) is 9.47 Å². The molecular weight excluding hydrogens is 340 g/mol. The summed E-state index contributed by atoms with van der Waals surface area (Å²) in [5.41, 5.74) is 0.927. The Morgan fingerprint density at radius 2 is 2.08 bits per heavy atom. The van der Waals surface area contributed by atoms with Crippen molar-refractivity contribution < 1.29 is 19.1 Å². The van der Waals surface area contributed by atoms with Gasteiger partial charge in [-0.1, -0.05) is 50.6 Å². The van der Waals surface area contributed by atoms with Crippen LogP contribution in [0.5, 0.6) is 0 Å². The number of benzene rings is 1. The van der Waals surface area contributed by atoms with Gasteiger partial charge >= 0.3 is 12.1 Å². The van der Waals surface area contributed by atoms with Crippen molar-refractivity contribution in [2.45, 2.75) is 39.0 Å². The van der Waals surface area contributed by atoms with Gasteiger partial charge in [0, 0.05) is 5.75 Å². The maximum atomic E-state index is 12.2. The van der Waals surface area contributed by atoms with Crippen molar-refractivity contribution in [3.8, 4) is 0 Å². The van der Waals surface area contributed by atoms with Gasteiger partial charge in [0.2, 0.25) is 0 Å². The molecule has 7 heteroatoms. The summed E-state index contributed by atoms with van der Waals surface area (Å²) in [6, 6.07) is 8.74. The van der Waals surface area contributed by atoms with Crippen LogP contribution >= 0.6 is 11.8 Å². The lowest BCUT2D eigenvalue weighted by Gasteiger charge is -2.23. The van der Waals surface area contributed by atoms with Crippen molar-refractivity contribution in [2.24, 2.45) is 10.9 Å². The van der Waals surface area contributed by atoms with E-state index in [0.717, 1.165) is 17.0 Å². The van der Waals surface area contributed by atoms with E-state index in [1.807, 2.05) is 44.2 Å². The summed E-state index contributed by atoms with van der Waals surface area (Å²) >= 11 is 1.48. The van der Waals surface area contributed by atoms with E-state index in [2.05, 4.69) is 10.3 Å². The Morgan fingerprint density at radius 1 is 1.36 bits per heavy atom. The van der Waals surface area contributed by atoms with E-state index < -0.39 is 12.1 Å². The Labute approximate surface area is 152 Å². The number of hydrogen-bond acceptors (Lipinski definition) is 6. The number of alkyl carbamates (subject to hydrolysis) is 1. The van der Waals surface area contributed by atoms with Crippen molar-refractivity contribution in [3.05, 3.63) is 35.9 Å². The number of amides is 1. The molecule has 0 aromatic heterocycles. The van der Waals surface area contributed by atoms with Crippen LogP contribution in [0.25, 0.3) is 0 Å². The van der Waals surface area contributed by atoms with Crippen molar-refractivity contribution in [1.82, 2.24) is 5.32 Å². The van der Waals surface area contributed by atoms with Crippen LogP contribution in [-0.2, 0) is 20.9 Å². The number of nitrogens with zero attached hydrogens (tertiary/aromatic N) is 1. The molecule has 1 amide bonds. The second-order valence-corrected chi connectivity index (χ2v) is 6.93. The Kier molecular flexibility index (Phi) is 7.31. The van der Waals surface area contributed by atoms with Crippen LogP contribution in [0.3, 0.4) is 0 Å². The van der Waals surface area contributed by atoms with Crippen LogP contribution in [0.15, 0.2) is 35.3 Å². The van der Waals surface area contributed by atoms with Gasteiger partial charge in [-0.2, -0.15) is 0 Å². The van der Waals surface area contributed by atoms with E-state index in [-0.39, 0.29) is 24.5 Å². The highest BCUT2D eigenvalue weighted by Gasteiger charge is 2.33. The molecule has 0 radical (unpaired) electrons. The molecule has 0 saturated carbocycles. The zero-order valence-electron chi connectivity index (χ0n) is 14.7. The Morgan fingerprint density at radius 3 is 2.72 bits per heavy atom. The molecule has 2 rings (SSSR count). The number of nitrogens with one attached hydrogen (secondary N) is 1. The molecule has 1 aromatic carbocycles. The molecule has 25 heavy (non-hydrogen) atoms. The van der Waals surface area contributed by atoms with Crippen LogP contribution in [0.1, 0.15) is 25.8 Å². The zero-order chi connectivity index (χ0) is 18.2. The number of rotatable bonds is 7. The molecule has 1 aromatic rings. The van der Waals surface area contributed by atoms with Gasteiger partial charge in [-0.25, -0.2) is 9.59 Å². The van der Waals surface area contributed by atoms with Gasteiger partial charge in [-0.05, 0) is 11.5 Å². The fraction of sp³-hybridized carbons (Fsp3) is 0.500. The smallest absolute Gasteiger partial charge is 0.408 e. The molecule has 1 heterocycles. The first kappa shape index (κ1) is 19.3. The average Bonchev–Trinajstić information content (AvgIpc) is 3.13. The lowest BCUT2D eigenvalue weighted by atomic mass is 10.00. The van der Waals surface area contributed by atoms with E-state index in [9.17, 15) is 9.59 Å². The Balaban J connectivity index is 1.98. The van der Waals surface area contributed by atoms with Crippen LogP contribution in [0, 0.1) is 5.92 Å². The number of carbonyl (C=O) groups is 2. The summed E-state index contributed by atoms with van der Waals surface area (Å²) in [5, 5.41) is 3.64. The third-order valence-electron chi connectivity index (χ3n) is 4.11. The van der Waals surface area contributed by atoms with Crippen molar-refractivity contribution in [2.75, 3.05) is 12.9 Å². The summed E-state index contributed by atoms with van der Waals surface area (Å²) in [4.78, 5) is 28.3.